The zero-order valence-corrected chi connectivity index (χ0v) is 25.0. The molecule has 0 unspecified atom stereocenters. The van der Waals surface area contributed by atoms with Gasteiger partial charge in [0, 0.05) is 17.8 Å². The van der Waals surface area contributed by atoms with Crippen molar-refractivity contribution in [1.82, 2.24) is 10.3 Å². The Bertz CT molecular complexity index is 1430. The maximum Gasteiger partial charge on any atom is 0.333 e. The second-order valence-electron chi connectivity index (χ2n) is 9.85. The standard InChI is InChI=1S/C33H36N2O8/c1-6-40-25-14-10-22(11-15-25)28(23-12-16-26(17-13-23)41-7-2)21(4)42-32(37)20(3)35-31(36)29-30(27(39-5)18-19-34-29)43-33(38)24-8-9-24/h10-20,24H,6-9H2,1-5H3,(H,35,36)/t20-/m0/s1. The van der Waals surface area contributed by atoms with Crippen LogP contribution in [0.3, 0.4) is 0 Å². The number of hydrogen-bond acceptors (Lipinski definition) is 9. The number of pyridine rings is 1. The van der Waals surface area contributed by atoms with Crippen LogP contribution in [0, 0.1) is 5.92 Å². The molecule has 1 amide bonds. The Hall–Kier alpha value is -4.86. The van der Waals surface area contributed by atoms with Crippen molar-refractivity contribution in [3.8, 4) is 23.0 Å². The van der Waals surface area contributed by atoms with Crippen molar-refractivity contribution in [1.29, 1.82) is 0 Å². The lowest BCUT2D eigenvalue weighted by molar-refractivity contribution is -0.141. The van der Waals surface area contributed by atoms with Crippen molar-refractivity contribution in [2.75, 3.05) is 20.3 Å². The van der Waals surface area contributed by atoms with Crippen LogP contribution in [0.1, 0.15) is 62.2 Å². The van der Waals surface area contributed by atoms with Gasteiger partial charge in [-0.1, -0.05) is 24.3 Å². The van der Waals surface area contributed by atoms with E-state index in [0.29, 0.717) is 24.5 Å². The van der Waals surface area contributed by atoms with Crippen LogP contribution >= 0.6 is 0 Å². The molecule has 0 saturated heterocycles. The lowest BCUT2D eigenvalue weighted by atomic mass is 9.96. The summed E-state index contributed by atoms with van der Waals surface area (Å²) in [5, 5.41) is 2.59. The number of carbonyl (C=O) groups excluding carboxylic acids is 3. The predicted molar refractivity (Wildman–Crippen MR) is 159 cm³/mol. The van der Waals surface area contributed by atoms with Crippen LogP contribution in [-0.4, -0.2) is 49.2 Å². The molecule has 10 nitrogen and oxygen atoms in total. The fraction of sp³-hybridized carbons (Fsp3) is 0.333. The summed E-state index contributed by atoms with van der Waals surface area (Å²) in [4.78, 5) is 42.8. The molecule has 1 aromatic heterocycles. The molecule has 4 rings (SSSR count). The number of rotatable bonds is 13. The fourth-order valence-corrected chi connectivity index (χ4v) is 4.31. The first kappa shape index (κ1) is 31.1. The second kappa shape index (κ2) is 14.4. The van der Waals surface area contributed by atoms with Crippen molar-refractivity contribution >= 4 is 23.4 Å². The van der Waals surface area contributed by atoms with Gasteiger partial charge >= 0.3 is 11.9 Å². The molecule has 0 spiro atoms. The molecule has 1 fully saturated rings. The van der Waals surface area contributed by atoms with Gasteiger partial charge < -0.3 is 29.0 Å². The molecule has 226 valence electrons. The van der Waals surface area contributed by atoms with E-state index in [9.17, 15) is 14.4 Å². The largest absolute Gasteiger partial charge is 0.494 e. The van der Waals surface area contributed by atoms with Gasteiger partial charge in [0.05, 0.1) is 26.2 Å². The lowest BCUT2D eigenvalue weighted by Gasteiger charge is -2.18. The fourth-order valence-electron chi connectivity index (χ4n) is 4.31. The molecule has 1 heterocycles. The minimum absolute atomic E-state index is 0.0932. The Morgan fingerprint density at radius 2 is 1.47 bits per heavy atom. The lowest BCUT2D eigenvalue weighted by Crippen LogP contribution is -2.40. The Labute approximate surface area is 251 Å². The van der Waals surface area contributed by atoms with E-state index in [0.717, 1.165) is 35.5 Å². The zero-order valence-electron chi connectivity index (χ0n) is 25.0. The van der Waals surface area contributed by atoms with E-state index >= 15 is 0 Å². The molecular formula is C33H36N2O8. The topological polar surface area (TPSA) is 122 Å². The summed E-state index contributed by atoms with van der Waals surface area (Å²) in [5.74, 6) is -0.218. The molecule has 1 atom stereocenters. The van der Waals surface area contributed by atoms with Gasteiger partial charge in [-0.05, 0) is 75.9 Å². The van der Waals surface area contributed by atoms with Crippen molar-refractivity contribution < 1.29 is 38.1 Å². The number of nitrogens with one attached hydrogen (secondary N) is 1. The molecule has 1 N–H and O–H groups in total. The average molecular weight is 589 g/mol. The van der Waals surface area contributed by atoms with E-state index in [1.54, 1.807) is 6.92 Å². The highest BCUT2D eigenvalue weighted by Gasteiger charge is 2.34. The summed E-state index contributed by atoms with van der Waals surface area (Å²) in [6.07, 6.45) is 2.82. The molecule has 0 aliphatic heterocycles. The first-order valence-corrected chi connectivity index (χ1v) is 14.2. The first-order valence-electron chi connectivity index (χ1n) is 14.2. The molecule has 0 bridgehead atoms. The third-order valence-corrected chi connectivity index (χ3v) is 6.63. The van der Waals surface area contributed by atoms with Gasteiger partial charge in [0.25, 0.3) is 5.91 Å². The third-order valence-electron chi connectivity index (χ3n) is 6.63. The number of carbonyl (C=O) groups is 3. The van der Waals surface area contributed by atoms with Crippen molar-refractivity contribution in [3.63, 3.8) is 0 Å². The van der Waals surface area contributed by atoms with E-state index in [1.165, 1.54) is 26.3 Å². The Balaban J connectivity index is 1.56. The number of nitrogens with zero attached hydrogens (tertiary/aromatic N) is 1. The Morgan fingerprint density at radius 3 is 1.95 bits per heavy atom. The normalized spacial score (nSPS) is 12.9. The molecule has 1 aliphatic carbocycles. The van der Waals surface area contributed by atoms with Crippen LogP contribution in [0.2, 0.25) is 0 Å². The monoisotopic (exact) mass is 588 g/mol. The summed E-state index contributed by atoms with van der Waals surface area (Å²) >= 11 is 0. The number of amides is 1. The number of esters is 2. The summed E-state index contributed by atoms with van der Waals surface area (Å²) in [6, 6.07) is 15.4. The Kier molecular flexibility index (Phi) is 10.4. The summed E-state index contributed by atoms with van der Waals surface area (Å²) < 4.78 is 27.7. The first-order chi connectivity index (χ1) is 20.7. The molecule has 1 saturated carbocycles. The minimum Gasteiger partial charge on any atom is -0.494 e. The summed E-state index contributed by atoms with van der Waals surface area (Å²) in [5.41, 5.74) is 2.11. The van der Waals surface area contributed by atoms with Gasteiger partial charge in [-0.3, -0.25) is 9.59 Å². The predicted octanol–water partition coefficient (Wildman–Crippen LogP) is 5.34. The van der Waals surface area contributed by atoms with Gasteiger partial charge in [0.15, 0.2) is 11.4 Å². The summed E-state index contributed by atoms with van der Waals surface area (Å²) in [6.45, 7) is 8.09. The van der Waals surface area contributed by atoms with Gasteiger partial charge in [-0.15, -0.1) is 0 Å². The number of hydrogen-bond donors (Lipinski definition) is 1. The highest BCUT2D eigenvalue weighted by molar-refractivity contribution is 5.99. The van der Waals surface area contributed by atoms with E-state index in [-0.39, 0.29) is 23.1 Å². The van der Waals surface area contributed by atoms with Crippen LogP contribution in [0.15, 0.2) is 66.6 Å². The van der Waals surface area contributed by atoms with Gasteiger partial charge in [0.2, 0.25) is 5.75 Å². The molecule has 3 aromatic rings. The molecule has 1 aliphatic rings. The second-order valence-corrected chi connectivity index (χ2v) is 9.85. The third kappa shape index (κ3) is 7.91. The van der Waals surface area contributed by atoms with Crippen molar-refractivity contribution in [3.05, 3.63) is 83.4 Å². The SMILES string of the molecule is CCOc1ccc(C(=C(C)OC(=O)[C@H](C)NC(=O)c2nccc(OC)c2OC(=O)C2CC2)c2ccc(OCC)cc2)cc1. The number of allylic oxidation sites excluding steroid dienone is 1. The van der Waals surface area contributed by atoms with Crippen molar-refractivity contribution in [2.45, 2.75) is 46.6 Å². The number of methoxy groups -OCH3 is 1. The van der Waals surface area contributed by atoms with Crippen LogP contribution < -0.4 is 24.3 Å². The van der Waals surface area contributed by atoms with Crippen LogP contribution in [0.25, 0.3) is 5.57 Å². The maximum absolute atomic E-state index is 13.2. The highest BCUT2D eigenvalue weighted by atomic mass is 16.6. The quantitative estimate of drug-likeness (QED) is 0.208. The highest BCUT2D eigenvalue weighted by Crippen LogP contribution is 2.35. The molecule has 2 aromatic carbocycles. The number of aromatic nitrogens is 1. The molecular weight excluding hydrogens is 552 g/mol. The maximum atomic E-state index is 13.2. The van der Waals surface area contributed by atoms with Crippen LogP contribution in [-0.2, 0) is 14.3 Å². The van der Waals surface area contributed by atoms with E-state index in [4.69, 9.17) is 23.7 Å². The Morgan fingerprint density at radius 1 is 0.907 bits per heavy atom. The number of ether oxygens (including phenoxy) is 5. The van der Waals surface area contributed by atoms with Gasteiger partial charge in [0.1, 0.15) is 23.3 Å². The molecule has 10 heteroatoms. The van der Waals surface area contributed by atoms with E-state index < -0.39 is 23.9 Å². The number of benzene rings is 2. The van der Waals surface area contributed by atoms with Gasteiger partial charge in [-0.2, -0.15) is 0 Å². The molecule has 43 heavy (non-hydrogen) atoms. The molecule has 0 radical (unpaired) electrons. The summed E-state index contributed by atoms with van der Waals surface area (Å²) in [7, 11) is 1.40. The van der Waals surface area contributed by atoms with Crippen LogP contribution in [0.4, 0.5) is 0 Å². The van der Waals surface area contributed by atoms with Crippen LogP contribution in [0.5, 0.6) is 23.0 Å². The minimum atomic E-state index is -1.07. The van der Waals surface area contributed by atoms with Gasteiger partial charge in [-0.25, -0.2) is 9.78 Å². The van der Waals surface area contributed by atoms with E-state index in [1.807, 2.05) is 62.4 Å². The smallest absolute Gasteiger partial charge is 0.333 e. The van der Waals surface area contributed by atoms with Crippen molar-refractivity contribution in [2.24, 2.45) is 5.92 Å². The zero-order chi connectivity index (χ0) is 30.9. The van der Waals surface area contributed by atoms with E-state index in [2.05, 4.69) is 10.3 Å². The average Bonchev–Trinajstić information content (AvgIpc) is 3.85.